The van der Waals surface area contributed by atoms with E-state index in [0.717, 1.165) is 4.90 Å². The van der Waals surface area contributed by atoms with Gasteiger partial charge in [-0.3, -0.25) is 14.5 Å². The number of benzene rings is 1. The van der Waals surface area contributed by atoms with Crippen molar-refractivity contribution in [1.82, 2.24) is 19.6 Å². The second kappa shape index (κ2) is 9.30. The Morgan fingerprint density at radius 2 is 1.86 bits per heavy atom. The lowest BCUT2D eigenvalue weighted by Gasteiger charge is -2.36. The molecule has 4 rings (SSSR count). The Morgan fingerprint density at radius 3 is 2.44 bits per heavy atom. The summed E-state index contributed by atoms with van der Waals surface area (Å²) in [5, 5.41) is 14.3. The van der Waals surface area contributed by atoms with E-state index in [4.69, 9.17) is 4.74 Å². The van der Waals surface area contributed by atoms with E-state index in [2.05, 4.69) is 5.10 Å². The monoisotopic (exact) mass is 509 g/mol. The molecule has 1 fully saturated rings. The summed E-state index contributed by atoms with van der Waals surface area (Å²) in [6.07, 6.45) is -3.93. The molecule has 2 aliphatic rings. The van der Waals surface area contributed by atoms with Gasteiger partial charge >= 0.3 is 18.3 Å². The largest absolute Gasteiger partial charge is 0.444 e. The second-order valence-electron chi connectivity index (χ2n) is 10.1. The number of hydrogen-bond acceptors (Lipinski definition) is 5. The fraction of sp³-hybridized carbons (Fsp3) is 0.542. The van der Waals surface area contributed by atoms with Crippen LogP contribution in [0.3, 0.4) is 0 Å². The van der Waals surface area contributed by atoms with Gasteiger partial charge in [-0.15, -0.1) is 0 Å². The number of ether oxygens (including phenoxy) is 1. The Bertz CT molecular complexity index is 1120. The third kappa shape index (κ3) is 4.86. The molecule has 0 unspecified atom stereocenters. The van der Waals surface area contributed by atoms with Crippen LogP contribution in [0.25, 0.3) is 0 Å². The van der Waals surface area contributed by atoms with Crippen molar-refractivity contribution < 1.29 is 32.6 Å². The van der Waals surface area contributed by atoms with Crippen LogP contribution in [-0.2, 0) is 17.8 Å². The molecule has 0 saturated carbocycles. The summed E-state index contributed by atoms with van der Waals surface area (Å²) in [5.74, 6) is 0. The van der Waals surface area contributed by atoms with E-state index in [-0.39, 0.29) is 18.3 Å². The number of alkyl halides is 3. The number of aliphatic hydroxyl groups is 1. The third-order valence-electron chi connectivity index (χ3n) is 6.35. The Hall–Kier alpha value is -3.28. The van der Waals surface area contributed by atoms with E-state index in [1.807, 2.05) is 6.92 Å². The fourth-order valence-corrected chi connectivity index (χ4v) is 4.63. The van der Waals surface area contributed by atoms with E-state index in [1.54, 1.807) is 55.8 Å². The number of hydrogen-bond donors (Lipinski definition) is 1. The third-order valence-corrected chi connectivity index (χ3v) is 6.35. The lowest BCUT2D eigenvalue weighted by Crippen LogP contribution is -2.47. The average molecular weight is 510 g/mol. The van der Waals surface area contributed by atoms with Gasteiger partial charge in [0.05, 0.1) is 55.9 Å². The maximum Gasteiger partial charge on any atom is 0.410 e. The molecule has 0 radical (unpaired) electrons. The molecule has 2 aliphatic heterocycles. The first-order valence-electron chi connectivity index (χ1n) is 11.7. The lowest BCUT2D eigenvalue weighted by molar-refractivity contribution is -0.173. The van der Waals surface area contributed by atoms with Gasteiger partial charge in [-0.2, -0.15) is 18.3 Å². The van der Waals surface area contributed by atoms with Crippen LogP contribution in [0.5, 0.6) is 0 Å². The number of fused-ring (bicyclic) bond motifs is 1. The molecule has 3 amide bonds. The van der Waals surface area contributed by atoms with Crippen molar-refractivity contribution in [3.63, 3.8) is 0 Å². The SMILES string of the molecule is C[C@H]1Cn2ncc(N3C[C@@H](C(F)(F)F)N([C@@H](CO)c4ccccc4)C3=O)c2CN1C(=O)OC(C)(C)C. The van der Waals surface area contributed by atoms with Gasteiger partial charge in [-0.05, 0) is 33.3 Å². The van der Waals surface area contributed by atoms with Crippen molar-refractivity contribution >= 4 is 17.8 Å². The Morgan fingerprint density at radius 1 is 1.19 bits per heavy atom. The summed E-state index contributed by atoms with van der Waals surface area (Å²) >= 11 is 0. The Labute approximate surface area is 207 Å². The molecule has 0 spiro atoms. The minimum atomic E-state index is -4.73. The molecule has 0 bridgehead atoms. The van der Waals surface area contributed by atoms with Gasteiger partial charge in [-0.1, -0.05) is 30.3 Å². The first-order valence-corrected chi connectivity index (χ1v) is 11.7. The minimum Gasteiger partial charge on any atom is -0.444 e. The van der Waals surface area contributed by atoms with Crippen LogP contribution in [0.4, 0.5) is 28.4 Å². The predicted octanol–water partition coefficient (Wildman–Crippen LogP) is 3.93. The molecule has 1 saturated heterocycles. The van der Waals surface area contributed by atoms with Crippen molar-refractivity contribution in [2.75, 3.05) is 18.1 Å². The van der Waals surface area contributed by atoms with E-state index >= 15 is 0 Å². The average Bonchev–Trinajstić information content (AvgIpc) is 3.34. The van der Waals surface area contributed by atoms with Gasteiger partial charge in [0, 0.05) is 0 Å². The van der Waals surface area contributed by atoms with Crippen LogP contribution in [0.1, 0.15) is 45.0 Å². The number of aliphatic hydroxyl groups excluding tert-OH is 1. The van der Waals surface area contributed by atoms with Crippen molar-refractivity contribution in [2.45, 2.75) is 70.7 Å². The predicted molar refractivity (Wildman–Crippen MR) is 124 cm³/mol. The number of carbonyl (C=O) groups excluding carboxylic acids is 2. The van der Waals surface area contributed by atoms with Gasteiger partial charge in [0.2, 0.25) is 0 Å². The zero-order chi connectivity index (χ0) is 26.4. The Kier molecular flexibility index (Phi) is 6.67. The zero-order valence-electron chi connectivity index (χ0n) is 20.6. The van der Waals surface area contributed by atoms with E-state index < -0.39 is 49.1 Å². The highest BCUT2D eigenvalue weighted by atomic mass is 19.4. The summed E-state index contributed by atoms with van der Waals surface area (Å²) in [5.41, 5.74) is 0.308. The normalized spacial score (nSPS) is 21.6. The smallest absolute Gasteiger partial charge is 0.410 e. The number of rotatable bonds is 4. The highest BCUT2D eigenvalue weighted by Crippen LogP contribution is 2.40. The van der Waals surface area contributed by atoms with Crippen LogP contribution in [-0.4, -0.2) is 73.8 Å². The zero-order valence-corrected chi connectivity index (χ0v) is 20.6. The second-order valence-corrected chi connectivity index (χ2v) is 10.1. The molecule has 36 heavy (non-hydrogen) atoms. The molecule has 2 aromatic rings. The highest BCUT2D eigenvalue weighted by Gasteiger charge is 2.55. The van der Waals surface area contributed by atoms with Crippen molar-refractivity contribution in [3.8, 4) is 0 Å². The molecule has 3 atom stereocenters. The molecule has 12 heteroatoms. The Balaban J connectivity index is 1.68. The van der Waals surface area contributed by atoms with Crippen LogP contribution in [0, 0.1) is 0 Å². The maximum atomic E-state index is 14.1. The van der Waals surface area contributed by atoms with Gasteiger partial charge in [0.1, 0.15) is 11.6 Å². The topological polar surface area (TPSA) is 91.1 Å². The van der Waals surface area contributed by atoms with Gasteiger partial charge in [0.25, 0.3) is 0 Å². The number of carbonyl (C=O) groups is 2. The summed E-state index contributed by atoms with van der Waals surface area (Å²) < 4.78 is 49.5. The van der Waals surface area contributed by atoms with Gasteiger partial charge < -0.3 is 14.7 Å². The molecule has 1 aromatic carbocycles. The summed E-state index contributed by atoms with van der Waals surface area (Å²) in [7, 11) is 0. The molecular formula is C24H30F3N5O4. The number of anilines is 1. The number of aromatic nitrogens is 2. The number of urea groups is 1. The van der Waals surface area contributed by atoms with Crippen LogP contribution < -0.4 is 4.90 Å². The highest BCUT2D eigenvalue weighted by molar-refractivity contribution is 5.95. The molecular weight excluding hydrogens is 479 g/mol. The first kappa shape index (κ1) is 25.8. The van der Waals surface area contributed by atoms with E-state index in [1.165, 1.54) is 11.1 Å². The summed E-state index contributed by atoms with van der Waals surface area (Å²) in [4.78, 5) is 29.5. The van der Waals surface area contributed by atoms with Gasteiger partial charge in [0.15, 0.2) is 0 Å². The summed E-state index contributed by atoms with van der Waals surface area (Å²) in [6, 6.07) is 3.65. The van der Waals surface area contributed by atoms with Gasteiger partial charge in [-0.25, -0.2) is 9.59 Å². The standard InChI is InChI=1S/C24H30F3N5O4/c1-15-11-31-18(12-29(15)22(35)36-23(2,3)4)17(10-28-31)30-13-20(24(25,26)27)32(21(30)34)19(14-33)16-8-6-5-7-9-16/h5-10,15,19-20,33H,11-14H2,1-4H3/t15-,19-,20-/m0/s1. The van der Waals surface area contributed by atoms with Crippen LogP contribution in [0.15, 0.2) is 36.5 Å². The van der Waals surface area contributed by atoms with Crippen molar-refractivity contribution in [1.29, 1.82) is 0 Å². The van der Waals surface area contributed by atoms with E-state index in [9.17, 15) is 27.9 Å². The van der Waals surface area contributed by atoms with Crippen LogP contribution >= 0.6 is 0 Å². The molecule has 3 heterocycles. The van der Waals surface area contributed by atoms with Crippen molar-refractivity contribution in [3.05, 3.63) is 47.8 Å². The molecule has 9 nitrogen and oxygen atoms in total. The summed E-state index contributed by atoms with van der Waals surface area (Å²) in [6.45, 7) is 6.04. The number of halogens is 3. The number of nitrogens with zero attached hydrogens (tertiary/aromatic N) is 5. The molecule has 196 valence electrons. The number of amides is 3. The molecule has 1 aromatic heterocycles. The minimum absolute atomic E-state index is 0.0218. The molecule has 0 aliphatic carbocycles. The van der Waals surface area contributed by atoms with E-state index in [0.29, 0.717) is 22.7 Å². The maximum absolute atomic E-state index is 14.1. The lowest BCUT2D eigenvalue weighted by atomic mass is 10.0. The fourth-order valence-electron chi connectivity index (χ4n) is 4.63. The first-order chi connectivity index (χ1) is 16.8. The quantitative estimate of drug-likeness (QED) is 0.675. The van der Waals surface area contributed by atoms with Crippen LogP contribution in [0.2, 0.25) is 0 Å². The molecule has 1 N–H and O–H groups in total. The van der Waals surface area contributed by atoms with Crippen molar-refractivity contribution in [2.24, 2.45) is 0 Å².